The van der Waals surface area contributed by atoms with Crippen molar-refractivity contribution in [3.63, 3.8) is 0 Å². The molecule has 4 saturated heterocycles. The van der Waals surface area contributed by atoms with Crippen LogP contribution in [0.2, 0.25) is 0 Å². The summed E-state index contributed by atoms with van der Waals surface area (Å²) in [7, 11) is 0. The smallest absolute Gasteiger partial charge is 0.410 e. The van der Waals surface area contributed by atoms with E-state index in [-0.39, 0.29) is 47.9 Å². The van der Waals surface area contributed by atoms with Crippen molar-refractivity contribution in [3.8, 4) is 23.1 Å². The maximum absolute atomic E-state index is 16.8. The van der Waals surface area contributed by atoms with E-state index in [1.807, 2.05) is 31.7 Å². The second kappa shape index (κ2) is 11.4. The number of piperazine rings is 1. The van der Waals surface area contributed by atoms with E-state index >= 15 is 4.39 Å². The molecule has 3 aromatic heterocycles. The van der Waals surface area contributed by atoms with E-state index in [0.29, 0.717) is 53.7 Å². The minimum absolute atomic E-state index is 0.00133. The summed E-state index contributed by atoms with van der Waals surface area (Å²) in [5, 5.41) is 11.4. The number of carbonyl (C=O) groups excluding carboxylic acids is 1. The lowest BCUT2D eigenvalue weighted by atomic mass is 9.95. The van der Waals surface area contributed by atoms with Gasteiger partial charge < -0.3 is 19.5 Å². The molecule has 1 amide bonds. The molecule has 0 unspecified atom stereocenters. The Labute approximate surface area is 276 Å². The summed E-state index contributed by atoms with van der Waals surface area (Å²) in [6, 6.07) is 8.33. The van der Waals surface area contributed by atoms with E-state index in [9.17, 15) is 14.3 Å². The molecule has 4 aromatic rings. The first-order valence-electron chi connectivity index (χ1n) is 16.7. The van der Waals surface area contributed by atoms with Crippen molar-refractivity contribution in [2.45, 2.75) is 82.3 Å². The fourth-order valence-electron chi connectivity index (χ4n) is 8.21. The van der Waals surface area contributed by atoms with Gasteiger partial charge in [0.15, 0.2) is 5.82 Å². The van der Waals surface area contributed by atoms with E-state index in [2.05, 4.69) is 24.8 Å². The molecule has 7 heterocycles. The van der Waals surface area contributed by atoms with Gasteiger partial charge in [-0.2, -0.15) is 9.97 Å². The molecular weight excluding hydrogens is 620 g/mol. The Morgan fingerprint density at radius 3 is 2.62 bits per heavy atom. The Bertz CT molecular complexity index is 1910. The molecule has 48 heavy (non-hydrogen) atoms. The molecule has 1 aromatic carbocycles. The lowest BCUT2D eigenvalue weighted by Gasteiger charge is -2.42. The summed E-state index contributed by atoms with van der Waals surface area (Å²) >= 11 is 0. The van der Waals surface area contributed by atoms with Gasteiger partial charge in [0, 0.05) is 49.3 Å². The van der Waals surface area contributed by atoms with Crippen LogP contribution in [0, 0.1) is 5.82 Å². The molecule has 1 N–H and O–H groups in total. The number of benzene rings is 1. The van der Waals surface area contributed by atoms with E-state index in [1.165, 1.54) is 6.07 Å². The maximum Gasteiger partial charge on any atom is 0.410 e. The third kappa shape index (κ3) is 5.32. The standard InChI is InChI=1S/C35H39F2N7O4/c1-34(2,3)48-33(46)44-21-9-10-22(44)18-42(17-21)31-25-15-38-29(24-13-27(45)39-26-8-5-4-7-23(24)26)28(37)30(25)40-32(41-31)47-19-35-11-6-12-43(35)16-20(36)14-35/h4-5,7-8,13,15,20-22H,6,9-12,14,16-19H2,1-3H3,(H,39,45)/t20-,21-,22+,35+/m1/s1. The van der Waals surface area contributed by atoms with Gasteiger partial charge in [-0.3, -0.25) is 14.8 Å². The number of halogens is 2. The molecule has 4 aliphatic rings. The molecule has 0 saturated carbocycles. The molecule has 0 radical (unpaired) electrons. The van der Waals surface area contributed by atoms with Gasteiger partial charge in [-0.25, -0.2) is 18.6 Å². The fourth-order valence-corrected chi connectivity index (χ4v) is 8.21. The number of fused-ring (bicyclic) bond motifs is 5. The molecule has 0 aliphatic carbocycles. The Morgan fingerprint density at radius 1 is 1.08 bits per heavy atom. The highest BCUT2D eigenvalue weighted by Gasteiger charge is 2.50. The number of amides is 1. The zero-order valence-electron chi connectivity index (χ0n) is 27.3. The molecular formula is C35H39F2N7O4. The third-order valence-corrected chi connectivity index (χ3v) is 10.2. The third-order valence-electron chi connectivity index (χ3n) is 10.2. The summed E-state index contributed by atoms with van der Waals surface area (Å²) in [4.78, 5) is 37.4. The monoisotopic (exact) mass is 659 g/mol. The second-order valence-electron chi connectivity index (χ2n) is 14.6. The SMILES string of the molecule is CC(C)(C)OC(=O)N1[C@@H]2CC[C@H]1CN(c1nc(OC[C@@]34CCCN3C[C@H](F)C4)nc3c(F)c(-c4cc(O)nc5ccccc45)ncc13)C2. The fraction of sp³-hybridized carbons (Fsp3) is 0.514. The van der Waals surface area contributed by atoms with Gasteiger partial charge in [-0.05, 0) is 59.1 Å². The number of para-hydroxylation sites is 1. The number of carbonyl (C=O) groups is 1. The number of aromatic hydroxyl groups is 1. The molecule has 4 aliphatic heterocycles. The van der Waals surface area contributed by atoms with Crippen molar-refractivity contribution >= 4 is 33.7 Å². The van der Waals surface area contributed by atoms with Gasteiger partial charge in [-0.15, -0.1) is 0 Å². The van der Waals surface area contributed by atoms with Crippen LogP contribution in [0.4, 0.5) is 19.4 Å². The number of anilines is 1. The molecule has 2 bridgehead atoms. The van der Waals surface area contributed by atoms with Crippen LogP contribution in [-0.4, -0.2) is 103 Å². The number of nitrogens with zero attached hydrogens (tertiary/aromatic N) is 7. The average Bonchev–Trinajstić information content (AvgIpc) is 3.65. The highest BCUT2D eigenvalue weighted by molar-refractivity contribution is 5.98. The largest absolute Gasteiger partial charge is 0.493 e. The summed E-state index contributed by atoms with van der Waals surface area (Å²) in [6.07, 6.45) is 4.08. The summed E-state index contributed by atoms with van der Waals surface area (Å²) in [5.74, 6) is -0.469. The van der Waals surface area contributed by atoms with Crippen LogP contribution in [-0.2, 0) is 4.74 Å². The molecule has 11 nitrogen and oxygen atoms in total. The van der Waals surface area contributed by atoms with Crippen LogP contribution in [0.1, 0.15) is 52.9 Å². The molecule has 8 rings (SSSR count). The van der Waals surface area contributed by atoms with Crippen molar-refractivity contribution < 1.29 is 28.2 Å². The molecule has 0 spiro atoms. The van der Waals surface area contributed by atoms with E-state index in [4.69, 9.17) is 14.5 Å². The van der Waals surface area contributed by atoms with Crippen LogP contribution in [0.15, 0.2) is 36.5 Å². The highest BCUT2D eigenvalue weighted by Crippen LogP contribution is 2.42. The van der Waals surface area contributed by atoms with E-state index in [0.717, 1.165) is 32.2 Å². The van der Waals surface area contributed by atoms with Crippen molar-refractivity contribution in [2.75, 3.05) is 37.7 Å². The Balaban J connectivity index is 1.20. The minimum Gasteiger partial charge on any atom is -0.493 e. The maximum atomic E-state index is 16.8. The van der Waals surface area contributed by atoms with Crippen LogP contribution in [0.25, 0.3) is 33.1 Å². The second-order valence-corrected chi connectivity index (χ2v) is 14.6. The summed E-state index contributed by atoms with van der Waals surface area (Å²) < 4.78 is 43.3. The number of alkyl halides is 1. The lowest BCUT2D eigenvalue weighted by Crippen LogP contribution is -2.57. The Morgan fingerprint density at radius 2 is 1.85 bits per heavy atom. The van der Waals surface area contributed by atoms with E-state index in [1.54, 1.807) is 24.4 Å². The average molecular weight is 660 g/mol. The van der Waals surface area contributed by atoms with Crippen LogP contribution in [0.5, 0.6) is 11.9 Å². The van der Waals surface area contributed by atoms with Gasteiger partial charge in [0.2, 0.25) is 5.88 Å². The van der Waals surface area contributed by atoms with Gasteiger partial charge in [0.1, 0.15) is 35.4 Å². The molecule has 252 valence electrons. The van der Waals surface area contributed by atoms with Crippen molar-refractivity contribution in [1.29, 1.82) is 0 Å². The van der Waals surface area contributed by atoms with Gasteiger partial charge in [-0.1, -0.05) is 18.2 Å². The number of aromatic nitrogens is 4. The van der Waals surface area contributed by atoms with Crippen LogP contribution < -0.4 is 9.64 Å². The number of hydrogen-bond donors (Lipinski definition) is 1. The Hall–Kier alpha value is -4.39. The number of ether oxygens (including phenoxy) is 2. The minimum atomic E-state index is -0.920. The number of hydrogen-bond acceptors (Lipinski definition) is 10. The summed E-state index contributed by atoms with van der Waals surface area (Å²) in [5.41, 5.74) is -0.134. The van der Waals surface area contributed by atoms with Gasteiger partial charge in [0.25, 0.3) is 0 Å². The molecule has 4 fully saturated rings. The molecule has 4 atom stereocenters. The van der Waals surface area contributed by atoms with Crippen molar-refractivity contribution in [1.82, 2.24) is 29.7 Å². The van der Waals surface area contributed by atoms with Gasteiger partial charge in [0.05, 0.1) is 28.5 Å². The first-order valence-corrected chi connectivity index (χ1v) is 16.7. The van der Waals surface area contributed by atoms with Crippen LogP contribution in [0.3, 0.4) is 0 Å². The zero-order chi connectivity index (χ0) is 33.4. The predicted molar refractivity (Wildman–Crippen MR) is 175 cm³/mol. The Kier molecular flexibility index (Phi) is 7.31. The quantitative estimate of drug-likeness (QED) is 0.289. The first-order chi connectivity index (χ1) is 23.0. The zero-order valence-corrected chi connectivity index (χ0v) is 27.3. The topological polar surface area (TPSA) is 117 Å². The van der Waals surface area contributed by atoms with Gasteiger partial charge >= 0.3 is 12.1 Å². The summed E-state index contributed by atoms with van der Waals surface area (Å²) in [6.45, 7) is 7.89. The predicted octanol–water partition coefficient (Wildman–Crippen LogP) is 5.63. The molecule has 13 heteroatoms. The lowest BCUT2D eigenvalue weighted by molar-refractivity contribution is 0.0122. The van der Waals surface area contributed by atoms with E-state index < -0.39 is 23.1 Å². The number of rotatable bonds is 5. The highest BCUT2D eigenvalue weighted by atomic mass is 19.1. The van der Waals surface area contributed by atoms with Crippen molar-refractivity contribution in [3.05, 3.63) is 42.3 Å². The van der Waals surface area contributed by atoms with Crippen molar-refractivity contribution in [2.24, 2.45) is 0 Å². The first kappa shape index (κ1) is 30.9. The normalized spacial score (nSPS) is 25.6. The van der Waals surface area contributed by atoms with Crippen LogP contribution >= 0.6 is 0 Å². The number of pyridine rings is 2.